The smallest absolute Gasteiger partial charge is 0.263 e. The Labute approximate surface area is 808 Å². The molecule has 0 atom stereocenters. The zero-order valence-corrected chi connectivity index (χ0v) is 76.7. The molecule has 0 aliphatic carbocycles. The van der Waals surface area contributed by atoms with Crippen molar-refractivity contribution in [2.24, 2.45) is 0 Å². The van der Waals surface area contributed by atoms with Crippen LogP contribution in [0.2, 0.25) is 0 Å². The van der Waals surface area contributed by atoms with Gasteiger partial charge in [-0.15, -0.1) is 0 Å². The molecule has 0 fully saturated rings. The molecule has 646 valence electrons. The van der Waals surface area contributed by atoms with Crippen molar-refractivity contribution in [1.29, 1.82) is 0 Å². The Hall–Kier alpha value is -17.4. The quantitative estimate of drug-likeness (QED) is 0.114. The van der Waals surface area contributed by atoms with Gasteiger partial charge in [-0.25, -0.2) is 0 Å². The summed E-state index contributed by atoms with van der Waals surface area (Å²) >= 11 is 0. The molecule has 8 heterocycles. The highest BCUT2D eigenvalue weighted by atomic mass is 16.5. The number of nitrogens with zero attached hydrogens (tertiary/aromatic N) is 4. The minimum Gasteiger partial charge on any atom is -0.459 e. The Balaban J connectivity index is 0.799. The molecule has 0 bridgehead atoms. The Bertz CT molecular complexity index is 8970. The average Bonchev–Trinajstić information content (AvgIpc) is 1.58. The Kier molecular flexibility index (Phi) is 17.4. The van der Waals surface area contributed by atoms with E-state index in [1.807, 2.05) is 0 Å². The third-order valence-corrected chi connectivity index (χ3v) is 30.5. The Morgan fingerprint density at radius 2 is 0.590 bits per heavy atom. The molecule has 0 radical (unpaired) electrons. The number of para-hydroxylation sites is 2. The summed E-state index contributed by atoms with van der Waals surface area (Å²) in [7, 11) is 0. The van der Waals surface area contributed by atoms with Gasteiger partial charge in [0.2, 0.25) is 0 Å². The SMILES string of the molecule is CC(C)(C)c1cc2c3c(c1)N(c1c(-c4ccccc4)cccc1-c1ccccc1)c1cc4c5c(c1B3c1ccc(-c3ccccc3)cc1N2c1c(-c2ccccc2)cccc1-c1ccccc1)Oc1cc(-c2ccccc2)ccc1B5c1c(cc2c3c1-n1c5cccc(-c6ccccc6)c5c5cc(-c6ccccc6)cc(c51)B3c1cc(-c3ccccc3)cc3c5cc(-c6ccccc6)ccc5n-2c13)O4. The Morgan fingerprint density at radius 1 is 0.209 bits per heavy atom. The van der Waals surface area contributed by atoms with Gasteiger partial charge in [-0.1, -0.05) is 415 Å². The molecule has 23 aromatic rings. The Morgan fingerprint density at radius 3 is 1.09 bits per heavy atom. The molecule has 21 aromatic carbocycles. The molecular formula is C130H85B3N4O2. The third-order valence-electron chi connectivity index (χ3n) is 30.5. The van der Waals surface area contributed by atoms with Gasteiger partial charge in [0.05, 0.1) is 22.4 Å². The first-order valence-electron chi connectivity index (χ1n) is 48.5. The number of benzene rings is 21. The molecule has 0 spiro atoms. The highest BCUT2D eigenvalue weighted by molar-refractivity contribution is 7.05. The van der Waals surface area contributed by atoms with Crippen LogP contribution in [-0.4, -0.2) is 29.3 Å². The molecule has 29 rings (SSSR count). The van der Waals surface area contributed by atoms with Crippen molar-refractivity contribution >= 4 is 147 Å². The van der Waals surface area contributed by atoms with Crippen molar-refractivity contribution in [3.05, 3.63) is 467 Å². The van der Waals surface area contributed by atoms with Crippen LogP contribution in [-0.2, 0) is 5.41 Å². The number of fused-ring (bicyclic) bond motifs is 20. The van der Waals surface area contributed by atoms with Gasteiger partial charge in [-0.2, -0.15) is 0 Å². The van der Waals surface area contributed by atoms with Crippen LogP contribution in [0, 0.1) is 0 Å². The first-order chi connectivity index (χ1) is 68.6. The maximum absolute atomic E-state index is 8.70. The van der Waals surface area contributed by atoms with Crippen LogP contribution in [0.25, 0.3) is 166 Å². The lowest BCUT2D eigenvalue weighted by Crippen LogP contribution is -2.67. The van der Waals surface area contributed by atoms with E-state index in [-0.39, 0.29) is 6.71 Å². The van der Waals surface area contributed by atoms with Gasteiger partial charge >= 0.3 is 0 Å². The lowest BCUT2D eigenvalue weighted by Gasteiger charge is -2.48. The minimum absolute atomic E-state index is 0.332. The number of aromatic nitrogens is 2. The lowest BCUT2D eigenvalue weighted by molar-refractivity contribution is 0.467. The van der Waals surface area contributed by atoms with Crippen LogP contribution in [0.1, 0.15) is 26.3 Å². The van der Waals surface area contributed by atoms with Crippen molar-refractivity contribution < 1.29 is 9.47 Å². The maximum Gasteiger partial charge on any atom is 0.263 e. The first-order valence-corrected chi connectivity index (χ1v) is 48.5. The van der Waals surface area contributed by atoms with Gasteiger partial charge in [0.15, 0.2) is 0 Å². The molecule has 6 nitrogen and oxygen atoms in total. The van der Waals surface area contributed by atoms with Crippen LogP contribution in [0.4, 0.5) is 34.1 Å². The van der Waals surface area contributed by atoms with Gasteiger partial charge in [0.25, 0.3) is 20.1 Å². The molecule has 139 heavy (non-hydrogen) atoms. The highest BCUT2D eigenvalue weighted by Crippen LogP contribution is 2.58. The minimum atomic E-state index is -0.532. The second-order valence-corrected chi connectivity index (χ2v) is 39.1. The second kappa shape index (κ2) is 30.6. The predicted molar refractivity (Wildman–Crippen MR) is 585 cm³/mol. The van der Waals surface area contributed by atoms with Crippen LogP contribution in [0.15, 0.2) is 461 Å². The zero-order valence-electron chi connectivity index (χ0n) is 76.7. The molecule has 0 unspecified atom stereocenters. The monoisotopic (exact) mass is 1770 g/mol. The maximum atomic E-state index is 8.70. The standard InChI is InChI=1S/C130H85B3N4O2/c1-130(2,3)95-76-111-119-112(77-95)136(125-99(88-53-30-12-31-54-88)60-35-61-100(125)89-55-32-13-33-56-89)114-79-117-123-129(121(114)132(119)104-66-63-91(81-39-16-5-17-40-81)74-110(104)135(111)124-97(86-49-26-10-27-50-86)58-34-59-98(124)87-51-28-11-29-52-87)139-115-75-92(82-41-18-6-19-42-82)64-67-105(115)133(123)122-116(138-117)78-113-120-128(122)137-109-62-36-57-96(85-47-24-9-25-48-85)118(109)103-71-94(84-45-22-8-23-46-84)73-107(127(103)137)131(120)106-72-93(83-43-20-7-21-44-83)70-102-101-69-90(80-37-14-4-15-38-80)65-68-108(101)134(113)126(102)106/h4-79H,1-3H3. The van der Waals surface area contributed by atoms with Gasteiger partial charge in [0.1, 0.15) is 23.0 Å². The topological polar surface area (TPSA) is 34.8 Å². The van der Waals surface area contributed by atoms with Gasteiger partial charge in [0, 0.05) is 107 Å². The average molecular weight is 1770 g/mol. The number of hydrogen-bond donors (Lipinski definition) is 0. The van der Waals surface area contributed by atoms with E-state index in [1.165, 1.54) is 71.2 Å². The summed E-state index contributed by atoms with van der Waals surface area (Å²) in [5, 5.41) is 4.76. The largest absolute Gasteiger partial charge is 0.459 e. The van der Waals surface area contributed by atoms with Crippen LogP contribution < -0.4 is 68.4 Å². The number of anilines is 6. The van der Waals surface area contributed by atoms with Gasteiger partial charge in [-0.05, 0) is 198 Å². The summed E-state index contributed by atoms with van der Waals surface area (Å²) in [6.07, 6.45) is 0. The van der Waals surface area contributed by atoms with E-state index in [4.69, 9.17) is 9.47 Å². The summed E-state index contributed by atoms with van der Waals surface area (Å²) in [5.74, 6) is 3.07. The van der Waals surface area contributed by atoms with Crippen molar-refractivity contribution in [3.8, 4) is 146 Å². The molecule has 6 aliphatic rings. The van der Waals surface area contributed by atoms with Crippen LogP contribution >= 0.6 is 0 Å². The van der Waals surface area contributed by atoms with Crippen molar-refractivity contribution in [3.63, 3.8) is 0 Å². The second-order valence-electron chi connectivity index (χ2n) is 39.1. The van der Waals surface area contributed by atoms with E-state index in [9.17, 15) is 0 Å². The third kappa shape index (κ3) is 11.9. The summed E-state index contributed by atoms with van der Waals surface area (Å²) < 4.78 is 22.8. The molecule has 0 saturated carbocycles. The summed E-state index contributed by atoms with van der Waals surface area (Å²) in [5.41, 5.74) is 46.5. The molecule has 6 aliphatic heterocycles. The van der Waals surface area contributed by atoms with Crippen molar-refractivity contribution in [2.75, 3.05) is 9.80 Å². The molecule has 0 N–H and O–H groups in total. The molecule has 0 amide bonds. The van der Waals surface area contributed by atoms with Crippen LogP contribution in [0.5, 0.6) is 23.0 Å². The van der Waals surface area contributed by atoms with Crippen molar-refractivity contribution in [1.82, 2.24) is 9.13 Å². The molecular weight excluding hydrogens is 1680 g/mol. The normalized spacial score (nSPS) is 13.0. The zero-order chi connectivity index (χ0) is 91.6. The van der Waals surface area contributed by atoms with E-state index in [1.54, 1.807) is 0 Å². The fraction of sp³-hybridized carbons (Fsp3) is 0.0308. The first kappa shape index (κ1) is 79.0. The van der Waals surface area contributed by atoms with E-state index >= 15 is 0 Å². The van der Waals surface area contributed by atoms with Crippen LogP contribution in [0.3, 0.4) is 0 Å². The molecule has 0 saturated heterocycles. The predicted octanol–water partition coefficient (Wildman–Crippen LogP) is 27.8. The van der Waals surface area contributed by atoms with E-state index in [0.29, 0.717) is 0 Å². The van der Waals surface area contributed by atoms with E-state index in [2.05, 4.69) is 501 Å². The number of hydrogen-bond acceptors (Lipinski definition) is 4. The number of rotatable bonds is 12. The fourth-order valence-electron chi connectivity index (χ4n) is 24.4. The summed E-state index contributed by atoms with van der Waals surface area (Å²) in [6, 6.07) is 173. The summed E-state index contributed by atoms with van der Waals surface area (Å²) in [6.45, 7) is 5.80. The van der Waals surface area contributed by atoms with E-state index < -0.39 is 18.8 Å². The fourth-order valence-corrected chi connectivity index (χ4v) is 24.4. The lowest BCUT2D eigenvalue weighted by atomic mass is 9.29. The highest BCUT2D eigenvalue weighted by Gasteiger charge is 2.55. The summed E-state index contributed by atoms with van der Waals surface area (Å²) in [4.78, 5) is 5.37. The number of ether oxygens (including phenoxy) is 2. The van der Waals surface area contributed by atoms with E-state index in [0.717, 1.165) is 207 Å². The molecule has 9 heteroatoms. The molecule has 2 aromatic heterocycles. The van der Waals surface area contributed by atoms with Gasteiger partial charge in [-0.3, -0.25) is 0 Å². The van der Waals surface area contributed by atoms with Gasteiger partial charge < -0.3 is 28.4 Å². The van der Waals surface area contributed by atoms with Crippen molar-refractivity contribution in [2.45, 2.75) is 26.2 Å².